The Morgan fingerprint density at radius 2 is 2.21 bits per heavy atom. The second-order valence-electron chi connectivity index (χ2n) is 5.93. The fourth-order valence-corrected chi connectivity index (χ4v) is 3.32. The predicted octanol–water partition coefficient (Wildman–Crippen LogP) is 1.81. The molecule has 1 aromatic carbocycles. The van der Waals surface area contributed by atoms with Crippen LogP contribution in [0.25, 0.3) is 11.0 Å². The van der Waals surface area contributed by atoms with E-state index in [2.05, 4.69) is 26.4 Å². The molecule has 1 aliphatic rings. The maximum Gasteiger partial charge on any atom is 0.234 e. The largest absolute Gasteiger partial charge is 0.379 e. The van der Waals surface area contributed by atoms with E-state index in [0.717, 1.165) is 42.1 Å². The first-order valence-corrected chi connectivity index (χ1v) is 9.68. The predicted molar refractivity (Wildman–Crippen MR) is 97.2 cm³/mol. The molecule has 1 aromatic heterocycles. The summed E-state index contributed by atoms with van der Waals surface area (Å²) in [5.41, 5.74) is 1.94. The second-order valence-corrected chi connectivity index (χ2v) is 6.91. The van der Waals surface area contributed by atoms with Gasteiger partial charge in [-0.15, -0.1) is 0 Å². The van der Waals surface area contributed by atoms with Crippen LogP contribution >= 0.6 is 11.8 Å². The molecule has 24 heavy (non-hydrogen) atoms. The summed E-state index contributed by atoms with van der Waals surface area (Å²) in [4.78, 5) is 22.6. The number of carbonyl (C=O) groups excluding carboxylic acids is 1. The quantitative estimate of drug-likeness (QED) is 0.798. The van der Waals surface area contributed by atoms with Gasteiger partial charge in [-0.1, -0.05) is 12.1 Å². The van der Waals surface area contributed by atoms with Crippen LogP contribution in [-0.2, 0) is 9.53 Å². The molecule has 2 N–H and O–H groups in total. The summed E-state index contributed by atoms with van der Waals surface area (Å²) in [6.45, 7) is 3.44. The Hall–Kier alpha value is -1.57. The Bertz CT molecular complexity index is 636. The van der Waals surface area contributed by atoms with Gasteiger partial charge in [-0.25, -0.2) is 4.98 Å². The zero-order valence-electron chi connectivity index (χ0n) is 14.0. The third-order valence-corrected chi connectivity index (χ3v) is 4.80. The van der Waals surface area contributed by atoms with Gasteiger partial charge in [-0.05, 0) is 30.6 Å². The molecule has 6 nitrogen and oxygen atoms in total. The van der Waals surface area contributed by atoms with Crippen molar-refractivity contribution in [3.8, 4) is 0 Å². The molecule has 0 bridgehead atoms. The van der Waals surface area contributed by atoms with Gasteiger partial charge in [0.15, 0.2) is 0 Å². The van der Waals surface area contributed by atoms with E-state index in [1.165, 1.54) is 0 Å². The van der Waals surface area contributed by atoms with Crippen molar-refractivity contribution in [2.45, 2.75) is 12.5 Å². The molecule has 2 heterocycles. The van der Waals surface area contributed by atoms with Gasteiger partial charge in [0.1, 0.15) is 5.82 Å². The molecule has 0 spiro atoms. The topological polar surface area (TPSA) is 70.2 Å². The number of rotatable bonds is 7. The minimum Gasteiger partial charge on any atom is -0.379 e. The molecule has 1 saturated heterocycles. The van der Waals surface area contributed by atoms with Crippen LogP contribution in [0.5, 0.6) is 0 Å². The Labute approximate surface area is 146 Å². The number of H-pyrrole nitrogens is 1. The van der Waals surface area contributed by atoms with Crippen LogP contribution in [0, 0.1) is 0 Å². The van der Waals surface area contributed by atoms with Crippen LogP contribution in [0.1, 0.15) is 18.3 Å². The van der Waals surface area contributed by atoms with Crippen LogP contribution in [0.2, 0.25) is 0 Å². The fraction of sp³-hybridized carbons (Fsp3) is 0.529. The van der Waals surface area contributed by atoms with E-state index in [-0.39, 0.29) is 11.9 Å². The number of hydrogen-bond donors (Lipinski definition) is 2. The zero-order valence-corrected chi connectivity index (χ0v) is 14.8. The van der Waals surface area contributed by atoms with Crippen molar-refractivity contribution in [1.29, 1.82) is 0 Å². The average molecular weight is 348 g/mol. The summed E-state index contributed by atoms with van der Waals surface area (Å²) < 4.78 is 5.33. The molecule has 0 saturated carbocycles. The lowest BCUT2D eigenvalue weighted by atomic mass is 10.2. The first-order valence-electron chi connectivity index (χ1n) is 8.29. The molecule has 0 unspecified atom stereocenters. The molecular weight excluding hydrogens is 324 g/mol. The van der Waals surface area contributed by atoms with E-state index < -0.39 is 0 Å². The van der Waals surface area contributed by atoms with Crippen LogP contribution < -0.4 is 5.32 Å². The van der Waals surface area contributed by atoms with Gasteiger partial charge in [0.2, 0.25) is 5.91 Å². The number of ether oxygens (including phenoxy) is 1. The number of nitrogens with zero attached hydrogens (tertiary/aromatic N) is 2. The van der Waals surface area contributed by atoms with Crippen molar-refractivity contribution in [1.82, 2.24) is 20.2 Å². The summed E-state index contributed by atoms with van der Waals surface area (Å²) in [5, 5.41) is 3.15. The summed E-state index contributed by atoms with van der Waals surface area (Å²) in [5.74, 6) is 1.85. The minimum absolute atomic E-state index is 0.0449. The van der Waals surface area contributed by atoms with Crippen LogP contribution in [0.3, 0.4) is 0 Å². The highest BCUT2D eigenvalue weighted by atomic mass is 32.2. The maximum absolute atomic E-state index is 12.4. The van der Waals surface area contributed by atoms with Gasteiger partial charge in [0.25, 0.3) is 0 Å². The molecule has 0 aliphatic carbocycles. The van der Waals surface area contributed by atoms with E-state index in [0.29, 0.717) is 19.8 Å². The highest BCUT2D eigenvalue weighted by Crippen LogP contribution is 2.20. The summed E-state index contributed by atoms with van der Waals surface area (Å²) in [6, 6.07) is 7.86. The van der Waals surface area contributed by atoms with Crippen molar-refractivity contribution >= 4 is 28.7 Å². The SMILES string of the molecule is CSCC[C@@H](NC(=O)CN1CCOCC1)c1nc2ccccc2[nH]1. The van der Waals surface area contributed by atoms with Crippen LogP contribution in [-0.4, -0.2) is 65.6 Å². The molecule has 1 amide bonds. The molecule has 1 aliphatic heterocycles. The van der Waals surface area contributed by atoms with Gasteiger partial charge in [0, 0.05) is 13.1 Å². The highest BCUT2D eigenvalue weighted by Gasteiger charge is 2.20. The Balaban J connectivity index is 1.67. The summed E-state index contributed by atoms with van der Waals surface area (Å²) in [7, 11) is 0. The van der Waals surface area contributed by atoms with Gasteiger partial charge in [-0.3, -0.25) is 9.69 Å². The third-order valence-electron chi connectivity index (χ3n) is 4.15. The second kappa shape index (κ2) is 8.50. The molecular formula is C17H24N4O2S. The van der Waals surface area contributed by atoms with E-state index in [1.807, 2.05) is 24.3 Å². The Kier molecular flexibility index (Phi) is 6.12. The number of morpholine rings is 1. The number of hydrogen-bond acceptors (Lipinski definition) is 5. The zero-order chi connectivity index (χ0) is 16.8. The van der Waals surface area contributed by atoms with E-state index in [9.17, 15) is 4.79 Å². The number of nitrogens with one attached hydrogen (secondary N) is 2. The number of aromatic nitrogens is 2. The molecule has 0 radical (unpaired) electrons. The van der Waals surface area contributed by atoms with Crippen molar-refractivity contribution in [2.24, 2.45) is 0 Å². The number of carbonyl (C=O) groups is 1. The molecule has 130 valence electrons. The smallest absolute Gasteiger partial charge is 0.234 e. The van der Waals surface area contributed by atoms with E-state index in [1.54, 1.807) is 11.8 Å². The van der Waals surface area contributed by atoms with E-state index in [4.69, 9.17) is 4.74 Å². The maximum atomic E-state index is 12.4. The number of amides is 1. The van der Waals surface area contributed by atoms with Crippen molar-refractivity contribution < 1.29 is 9.53 Å². The van der Waals surface area contributed by atoms with Gasteiger partial charge < -0.3 is 15.0 Å². The highest BCUT2D eigenvalue weighted by molar-refractivity contribution is 7.98. The van der Waals surface area contributed by atoms with Gasteiger partial charge in [-0.2, -0.15) is 11.8 Å². The first kappa shape index (κ1) is 17.3. The van der Waals surface area contributed by atoms with Crippen LogP contribution in [0.15, 0.2) is 24.3 Å². The number of thioether (sulfide) groups is 1. The number of fused-ring (bicyclic) bond motifs is 1. The van der Waals surface area contributed by atoms with Crippen molar-refractivity contribution in [2.75, 3.05) is 44.9 Å². The normalized spacial score (nSPS) is 17.0. The standard InChI is InChI=1S/C17H24N4O2S/c1-24-11-6-15(17-19-13-4-2-3-5-14(13)20-17)18-16(22)12-21-7-9-23-10-8-21/h2-5,15H,6-12H2,1H3,(H,18,22)(H,19,20)/t15-/m1/s1. The van der Waals surface area contributed by atoms with Crippen LogP contribution in [0.4, 0.5) is 0 Å². The molecule has 1 fully saturated rings. The average Bonchev–Trinajstić information content (AvgIpc) is 3.03. The minimum atomic E-state index is -0.0848. The lowest BCUT2D eigenvalue weighted by molar-refractivity contribution is -0.124. The Morgan fingerprint density at radius 1 is 1.42 bits per heavy atom. The monoisotopic (exact) mass is 348 g/mol. The molecule has 1 atom stereocenters. The molecule has 2 aromatic rings. The number of aromatic amines is 1. The number of imidazole rings is 1. The lowest BCUT2D eigenvalue weighted by Gasteiger charge is -2.26. The third kappa shape index (κ3) is 4.49. The summed E-state index contributed by atoms with van der Waals surface area (Å²) >= 11 is 1.77. The number of para-hydroxylation sites is 2. The molecule has 7 heteroatoms. The fourth-order valence-electron chi connectivity index (χ4n) is 2.85. The first-order chi connectivity index (χ1) is 11.8. The Morgan fingerprint density at radius 3 is 2.96 bits per heavy atom. The van der Waals surface area contributed by atoms with Crippen molar-refractivity contribution in [3.63, 3.8) is 0 Å². The lowest BCUT2D eigenvalue weighted by Crippen LogP contribution is -2.44. The van der Waals surface area contributed by atoms with Crippen molar-refractivity contribution in [3.05, 3.63) is 30.1 Å². The number of benzene rings is 1. The summed E-state index contributed by atoms with van der Waals surface area (Å²) in [6.07, 6.45) is 2.93. The molecule has 3 rings (SSSR count). The van der Waals surface area contributed by atoms with Gasteiger partial charge in [0.05, 0.1) is 36.8 Å². The van der Waals surface area contributed by atoms with E-state index >= 15 is 0 Å². The van der Waals surface area contributed by atoms with Gasteiger partial charge >= 0.3 is 0 Å².